The highest BCUT2D eigenvalue weighted by Gasteiger charge is 2.20. The zero-order chi connectivity index (χ0) is 13.0. The number of rotatable bonds is 5. The first-order valence-corrected chi connectivity index (χ1v) is 7.18. The normalized spacial score (nSPS) is 20.5. The molecule has 2 heterocycles. The molecule has 102 valence electrons. The summed E-state index contributed by atoms with van der Waals surface area (Å²) in [5, 5.41) is 16.7. The number of hydrogen-bond donors (Lipinski definition) is 1. The van der Waals surface area contributed by atoms with Gasteiger partial charge in [0.1, 0.15) is 0 Å². The van der Waals surface area contributed by atoms with Crippen molar-refractivity contribution in [3.63, 3.8) is 0 Å². The van der Waals surface area contributed by atoms with Gasteiger partial charge in [-0.2, -0.15) is 0 Å². The van der Waals surface area contributed by atoms with Gasteiger partial charge in [0.25, 0.3) is 0 Å². The molecular formula is C11H21N5OS. The number of nitrogens with zero attached hydrogens (tertiary/aromatic N) is 4. The number of ether oxygens (including phenoxy) is 1. The summed E-state index contributed by atoms with van der Waals surface area (Å²) in [6.45, 7) is 9.76. The van der Waals surface area contributed by atoms with Crippen molar-refractivity contribution in [2.75, 3.05) is 19.8 Å². The quantitative estimate of drug-likeness (QED) is 0.860. The monoisotopic (exact) mass is 271 g/mol. The van der Waals surface area contributed by atoms with Crippen LogP contribution in [-0.2, 0) is 11.3 Å². The minimum absolute atomic E-state index is 0.126. The summed E-state index contributed by atoms with van der Waals surface area (Å²) in [6, 6.07) is 0. The molecule has 1 atom stereocenters. The maximum Gasteiger partial charge on any atom is 0.209 e. The van der Waals surface area contributed by atoms with Crippen LogP contribution in [0.1, 0.15) is 27.2 Å². The Morgan fingerprint density at radius 2 is 2.33 bits per heavy atom. The second-order valence-electron chi connectivity index (χ2n) is 5.46. The molecule has 1 fully saturated rings. The maximum absolute atomic E-state index is 5.36. The van der Waals surface area contributed by atoms with Crippen molar-refractivity contribution in [2.45, 2.75) is 49.7 Å². The molecule has 0 radical (unpaired) electrons. The molecule has 7 heteroatoms. The van der Waals surface area contributed by atoms with Crippen molar-refractivity contribution in [2.24, 2.45) is 0 Å². The van der Waals surface area contributed by atoms with E-state index in [2.05, 4.69) is 41.6 Å². The van der Waals surface area contributed by atoms with Crippen molar-refractivity contribution in [3.05, 3.63) is 0 Å². The van der Waals surface area contributed by atoms with Crippen LogP contribution >= 0.6 is 11.8 Å². The summed E-state index contributed by atoms with van der Waals surface area (Å²) >= 11 is 1.72. The highest BCUT2D eigenvalue weighted by atomic mass is 32.2. The largest absolute Gasteiger partial charge is 0.380 e. The first-order chi connectivity index (χ1) is 8.54. The zero-order valence-corrected chi connectivity index (χ0v) is 12.0. The van der Waals surface area contributed by atoms with Crippen molar-refractivity contribution < 1.29 is 4.74 Å². The molecule has 1 unspecified atom stereocenters. The third kappa shape index (κ3) is 4.22. The first kappa shape index (κ1) is 13.8. The lowest BCUT2D eigenvalue weighted by molar-refractivity contribution is 0.199. The lowest BCUT2D eigenvalue weighted by atomic mass is 10.1. The second-order valence-corrected chi connectivity index (χ2v) is 6.73. The molecule has 0 amide bonds. The van der Waals surface area contributed by atoms with E-state index in [1.54, 1.807) is 11.8 Å². The minimum atomic E-state index is 0.126. The highest BCUT2D eigenvalue weighted by molar-refractivity contribution is 7.99. The third-order valence-electron chi connectivity index (χ3n) is 2.64. The Morgan fingerprint density at radius 3 is 3.00 bits per heavy atom. The van der Waals surface area contributed by atoms with E-state index < -0.39 is 0 Å². The maximum atomic E-state index is 5.36. The summed E-state index contributed by atoms with van der Waals surface area (Å²) < 4.78 is 7.22. The van der Waals surface area contributed by atoms with Crippen LogP contribution in [0.5, 0.6) is 0 Å². The Hall–Kier alpha value is -0.660. The topological polar surface area (TPSA) is 64.9 Å². The summed E-state index contributed by atoms with van der Waals surface area (Å²) in [6.07, 6.45) is 1.08. The fourth-order valence-electron chi connectivity index (χ4n) is 1.71. The zero-order valence-electron chi connectivity index (χ0n) is 11.2. The number of thioether (sulfide) groups is 1. The van der Waals surface area contributed by atoms with Gasteiger partial charge in [-0.1, -0.05) is 11.8 Å². The summed E-state index contributed by atoms with van der Waals surface area (Å²) in [5.74, 6) is 0. The molecule has 2 rings (SSSR count). The molecule has 0 bridgehead atoms. The van der Waals surface area contributed by atoms with Crippen molar-refractivity contribution in [1.82, 2.24) is 25.5 Å². The molecule has 18 heavy (non-hydrogen) atoms. The van der Waals surface area contributed by atoms with Crippen LogP contribution < -0.4 is 5.32 Å². The van der Waals surface area contributed by atoms with Gasteiger partial charge in [-0.25, -0.2) is 4.68 Å². The Balaban J connectivity index is 1.83. The van der Waals surface area contributed by atoms with Crippen LogP contribution in [0.25, 0.3) is 0 Å². The molecule has 1 aromatic rings. The van der Waals surface area contributed by atoms with E-state index in [4.69, 9.17) is 4.74 Å². The lowest BCUT2D eigenvalue weighted by Crippen LogP contribution is -2.38. The Labute approximate surface area is 112 Å². The second kappa shape index (κ2) is 5.99. The molecule has 0 aromatic carbocycles. The standard InChI is InChI=1S/C11H21N5OS/c1-11(2,3)12-5-6-16-10(13-14-15-16)18-9-4-7-17-8-9/h9,12H,4-8H2,1-3H3. The fraction of sp³-hybridized carbons (Fsp3) is 0.909. The molecule has 1 aliphatic heterocycles. The van der Waals surface area contributed by atoms with E-state index in [-0.39, 0.29) is 5.54 Å². The van der Waals surface area contributed by atoms with Crippen LogP contribution in [0, 0.1) is 0 Å². The van der Waals surface area contributed by atoms with Crippen molar-refractivity contribution in [3.8, 4) is 0 Å². The average Bonchev–Trinajstić information content (AvgIpc) is 2.90. The predicted octanol–water partition coefficient (Wildman–Crippen LogP) is 0.942. The average molecular weight is 271 g/mol. The van der Waals surface area contributed by atoms with Crippen LogP contribution in [0.15, 0.2) is 5.16 Å². The predicted molar refractivity (Wildman–Crippen MR) is 70.7 cm³/mol. The van der Waals surface area contributed by atoms with E-state index >= 15 is 0 Å². The summed E-state index contributed by atoms with van der Waals surface area (Å²) in [7, 11) is 0. The number of hydrogen-bond acceptors (Lipinski definition) is 6. The number of nitrogens with one attached hydrogen (secondary N) is 1. The van der Waals surface area contributed by atoms with Gasteiger partial charge in [0.2, 0.25) is 5.16 Å². The molecule has 0 aliphatic carbocycles. The molecular weight excluding hydrogens is 250 g/mol. The molecule has 6 nitrogen and oxygen atoms in total. The summed E-state index contributed by atoms with van der Waals surface area (Å²) in [5.41, 5.74) is 0.126. The van der Waals surface area contributed by atoms with Gasteiger partial charge in [-0.05, 0) is 37.6 Å². The van der Waals surface area contributed by atoms with Crippen LogP contribution in [0.4, 0.5) is 0 Å². The molecule has 0 spiro atoms. The van der Waals surface area contributed by atoms with Gasteiger partial charge in [-0.15, -0.1) is 5.10 Å². The molecule has 1 aromatic heterocycles. The van der Waals surface area contributed by atoms with Crippen LogP contribution in [0.3, 0.4) is 0 Å². The molecule has 1 saturated heterocycles. The SMILES string of the molecule is CC(C)(C)NCCn1nnnc1SC1CCOC1. The fourth-order valence-corrected chi connectivity index (χ4v) is 2.72. The van der Waals surface area contributed by atoms with E-state index in [9.17, 15) is 0 Å². The Morgan fingerprint density at radius 1 is 1.50 bits per heavy atom. The number of tetrazole rings is 1. The van der Waals surface area contributed by atoms with Gasteiger partial charge in [0, 0.05) is 23.9 Å². The Kier molecular flexibility index (Phi) is 4.58. The first-order valence-electron chi connectivity index (χ1n) is 6.30. The lowest BCUT2D eigenvalue weighted by Gasteiger charge is -2.20. The molecule has 1 aliphatic rings. The molecule has 0 saturated carbocycles. The van der Waals surface area contributed by atoms with E-state index in [0.717, 1.165) is 37.9 Å². The van der Waals surface area contributed by atoms with Gasteiger partial charge in [0.15, 0.2) is 0 Å². The number of aromatic nitrogens is 4. The van der Waals surface area contributed by atoms with Gasteiger partial charge in [0.05, 0.1) is 13.2 Å². The summed E-state index contributed by atoms with van der Waals surface area (Å²) in [4.78, 5) is 0. The molecule has 1 N–H and O–H groups in total. The van der Waals surface area contributed by atoms with Gasteiger partial charge >= 0.3 is 0 Å². The van der Waals surface area contributed by atoms with Crippen LogP contribution in [-0.4, -0.2) is 50.8 Å². The van der Waals surface area contributed by atoms with Gasteiger partial charge < -0.3 is 10.1 Å². The van der Waals surface area contributed by atoms with E-state index in [1.807, 2.05) is 4.68 Å². The minimum Gasteiger partial charge on any atom is -0.380 e. The van der Waals surface area contributed by atoms with E-state index in [0.29, 0.717) is 5.25 Å². The highest BCUT2D eigenvalue weighted by Crippen LogP contribution is 2.26. The Bertz CT molecular complexity index is 370. The smallest absolute Gasteiger partial charge is 0.209 e. The van der Waals surface area contributed by atoms with Crippen molar-refractivity contribution in [1.29, 1.82) is 0 Å². The van der Waals surface area contributed by atoms with Crippen molar-refractivity contribution >= 4 is 11.8 Å². The van der Waals surface area contributed by atoms with E-state index in [1.165, 1.54) is 0 Å². The third-order valence-corrected chi connectivity index (χ3v) is 3.85. The van der Waals surface area contributed by atoms with Crippen LogP contribution in [0.2, 0.25) is 0 Å². The van der Waals surface area contributed by atoms with Gasteiger partial charge in [-0.3, -0.25) is 0 Å².